The molecule has 0 aliphatic heterocycles. The van der Waals surface area contributed by atoms with Crippen LogP contribution in [0.25, 0.3) is 0 Å². The van der Waals surface area contributed by atoms with Crippen LogP contribution in [0.15, 0.2) is 42.5 Å². The Morgan fingerprint density at radius 3 is 2.04 bits per heavy atom. The summed E-state index contributed by atoms with van der Waals surface area (Å²) in [5.41, 5.74) is 5.62. The van der Waals surface area contributed by atoms with E-state index in [0.717, 1.165) is 5.56 Å². The van der Waals surface area contributed by atoms with Gasteiger partial charge in [0, 0.05) is 0 Å². The minimum Gasteiger partial charge on any atom is -0.508 e. The van der Waals surface area contributed by atoms with Gasteiger partial charge in [0.05, 0.1) is 0 Å². The zero-order chi connectivity index (χ0) is 18.2. The Morgan fingerprint density at radius 2 is 1.36 bits per heavy atom. The lowest BCUT2D eigenvalue weighted by molar-refractivity contribution is 0.456. The molecular formula is C24H34O. The molecule has 1 nitrogen and oxygen atoms in total. The molecule has 0 spiro atoms. The van der Waals surface area contributed by atoms with Gasteiger partial charge in [0.25, 0.3) is 0 Å². The van der Waals surface area contributed by atoms with Crippen LogP contribution in [0.3, 0.4) is 0 Å². The van der Waals surface area contributed by atoms with Crippen LogP contribution < -0.4 is 0 Å². The lowest BCUT2D eigenvalue weighted by Gasteiger charge is -2.25. The minimum atomic E-state index is 0.294. The molecule has 2 rings (SSSR count). The fraction of sp³-hybridized carbons (Fsp3) is 0.500. The summed E-state index contributed by atoms with van der Waals surface area (Å²) in [6, 6.07) is 14.6. The molecule has 0 aliphatic carbocycles. The van der Waals surface area contributed by atoms with Gasteiger partial charge >= 0.3 is 0 Å². The van der Waals surface area contributed by atoms with E-state index in [0.29, 0.717) is 17.6 Å². The number of benzene rings is 2. The van der Waals surface area contributed by atoms with Crippen LogP contribution in [0.5, 0.6) is 5.75 Å². The molecule has 0 bridgehead atoms. The van der Waals surface area contributed by atoms with Crippen molar-refractivity contribution in [2.24, 2.45) is 0 Å². The number of rotatable bonds is 9. The van der Waals surface area contributed by atoms with Crippen LogP contribution in [0.4, 0.5) is 0 Å². The van der Waals surface area contributed by atoms with Crippen LogP contribution >= 0.6 is 0 Å². The van der Waals surface area contributed by atoms with Gasteiger partial charge in [-0.2, -0.15) is 0 Å². The van der Waals surface area contributed by atoms with Gasteiger partial charge in [0.2, 0.25) is 0 Å². The van der Waals surface area contributed by atoms with Crippen molar-refractivity contribution < 1.29 is 5.11 Å². The second-order valence-electron chi connectivity index (χ2n) is 7.33. The molecule has 1 heteroatoms. The number of phenols is 1. The highest BCUT2D eigenvalue weighted by Crippen LogP contribution is 2.38. The summed E-state index contributed by atoms with van der Waals surface area (Å²) in [7, 11) is 0. The molecule has 2 unspecified atom stereocenters. The number of para-hydroxylation sites is 1. The molecule has 0 saturated heterocycles. The molecule has 0 fully saturated rings. The Balaban J connectivity index is 2.36. The van der Waals surface area contributed by atoms with Crippen molar-refractivity contribution in [3.8, 4) is 5.75 Å². The zero-order valence-electron chi connectivity index (χ0n) is 16.4. The lowest BCUT2D eigenvalue weighted by atomic mass is 9.79. The molecule has 0 aromatic heterocycles. The van der Waals surface area contributed by atoms with Gasteiger partial charge in [0.1, 0.15) is 5.75 Å². The molecule has 2 aromatic rings. The van der Waals surface area contributed by atoms with E-state index in [1.54, 1.807) is 11.6 Å². The Hall–Kier alpha value is -1.76. The number of hydrogen-bond donors (Lipinski definition) is 1. The Bertz CT molecular complexity index is 659. The largest absolute Gasteiger partial charge is 0.508 e. The van der Waals surface area contributed by atoms with Crippen LogP contribution in [0.1, 0.15) is 87.5 Å². The quantitative estimate of drug-likeness (QED) is 0.522. The van der Waals surface area contributed by atoms with Crippen molar-refractivity contribution in [3.05, 3.63) is 64.7 Å². The first kappa shape index (κ1) is 19.6. The molecule has 136 valence electrons. The molecule has 2 atom stereocenters. The maximum Gasteiger partial charge on any atom is 0.119 e. The molecule has 0 aliphatic rings. The summed E-state index contributed by atoms with van der Waals surface area (Å²) in [4.78, 5) is 0. The van der Waals surface area contributed by atoms with Crippen molar-refractivity contribution in [2.45, 2.75) is 78.1 Å². The Labute approximate surface area is 154 Å². The lowest BCUT2D eigenvalue weighted by Crippen LogP contribution is -2.10. The summed E-state index contributed by atoms with van der Waals surface area (Å²) in [5, 5.41) is 10.3. The van der Waals surface area contributed by atoms with Gasteiger partial charge in [-0.1, -0.05) is 76.9 Å². The van der Waals surface area contributed by atoms with E-state index >= 15 is 0 Å². The first-order chi connectivity index (χ1) is 12.1. The highest BCUT2D eigenvalue weighted by molar-refractivity contribution is 5.42. The normalized spacial score (nSPS) is 13.6. The van der Waals surface area contributed by atoms with Crippen LogP contribution in [-0.2, 0) is 12.8 Å². The average Bonchev–Trinajstić information content (AvgIpc) is 2.64. The molecule has 0 radical (unpaired) electrons. The van der Waals surface area contributed by atoms with Crippen molar-refractivity contribution in [2.75, 3.05) is 0 Å². The molecule has 25 heavy (non-hydrogen) atoms. The monoisotopic (exact) mass is 338 g/mol. The highest BCUT2D eigenvalue weighted by atomic mass is 16.3. The second-order valence-corrected chi connectivity index (χ2v) is 7.33. The number of aromatic hydroxyl groups is 1. The van der Waals surface area contributed by atoms with E-state index < -0.39 is 0 Å². The van der Waals surface area contributed by atoms with Crippen LogP contribution in [-0.4, -0.2) is 5.11 Å². The zero-order valence-corrected chi connectivity index (χ0v) is 16.4. The summed E-state index contributed by atoms with van der Waals surface area (Å²) < 4.78 is 0. The van der Waals surface area contributed by atoms with Crippen molar-refractivity contribution in [1.29, 1.82) is 0 Å². The third kappa shape index (κ3) is 4.87. The first-order valence-corrected chi connectivity index (χ1v) is 9.98. The average molecular weight is 339 g/mol. The van der Waals surface area contributed by atoms with E-state index in [9.17, 15) is 5.11 Å². The van der Waals surface area contributed by atoms with Crippen LogP contribution in [0.2, 0.25) is 0 Å². The fourth-order valence-electron chi connectivity index (χ4n) is 3.75. The molecule has 2 aromatic carbocycles. The standard InChI is InChI=1S/C24H34O/c1-5-7-12-20-13-11-16-21(23(20)14-8-6-2)18(3)19(4)22-15-9-10-17-24(22)25/h9-11,13,15-19,25H,5-8,12,14H2,1-4H3. The molecular weight excluding hydrogens is 304 g/mol. The Morgan fingerprint density at radius 1 is 0.760 bits per heavy atom. The predicted molar refractivity (Wildman–Crippen MR) is 109 cm³/mol. The number of hydrogen-bond acceptors (Lipinski definition) is 1. The molecule has 0 amide bonds. The summed E-state index contributed by atoms with van der Waals surface area (Å²) in [6.07, 6.45) is 7.32. The van der Waals surface area contributed by atoms with Crippen molar-refractivity contribution in [1.82, 2.24) is 0 Å². The van der Waals surface area contributed by atoms with Crippen molar-refractivity contribution >= 4 is 0 Å². The summed E-state index contributed by atoms with van der Waals surface area (Å²) >= 11 is 0. The second kappa shape index (κ2) is 9.65. The molecule has 0 saturated carbocycles. The maximum absolute atomic E-state index is 10.3. The Kier molecular flexibility index (Phi) is 7.55. The van der Waals surface area contributed by atoms with Crippen molar-refractivity contribution in [3.63, 3.8) is 0 Å². The number of phenolic OH excluding ortho intramolecular Hbond substituents is 1. The van der Waals surface area contributed by atoms with Gasteiger partial charge in [0.15, 0.2) is 0 Å². The maximum atomic E-state index is 10.3. The van der Waals surface area contributed by atoms with Gasteiger partial charge in [-0.25, -0.2) is 0 Å². The highest BCUT2D eigenvalue weighted by Gasteiger charge is 2.22. The number of aryl methyl sites for hydroxylation is 1. The molecule has 1 N–H and O–H groups in total. The van der Waals surface area contributed by atoms with E-state index in [2.05, 4.69) is 52.0 Å². The minimum absolute atomic E-state index is 0.294. The molecule has 0 heterocycles. The van der Waals surface area contributed by atoms with Gasteiger partial charge in [-0.15, -0.1) is 0 Å². The van der Waals surface area contributed by atoms with E-state index in [-0.39, 0.29) is 0 Å². The van der Waals surface area contributed by atoms with E-state index in [1.165, 1.54) is 49.7 Å². The van der Waals surface area contributed by atoms with Gasteiger partial charge < -0.3 is 5.11 Å². The fourth-order valence-corrected chi connectivity index (χ4v) is 3.75. The predicted octanol–water partition coefficient (Wildman–Crippen LogP) is 6.98. The smallest absolute Gasteiger partial charge is 0.119 e. The first-order valence-electron chi connectivity index (χ1n) is 9.98. The topological polar surface area (TPSA) is 20.2 Å². The van der Waals surface area contributed by atoms with E-state index in [1.807, 2.05) is 12.1 Å². The SMILES string of the molecule is CCCCc1cccc(C(C)C(C)c2ccccc2O)c1CCCC. The summed E-state index contributed by atoms with van der Waals surface area (Å²) in [5.74, 6) is 1.10. The van der Waals surface area contributed by atoms with Gasteiger partial charge in [-0.05, 0) is 65.8 Å². The third-order valence-corrected chi connectivity index (χ3v) is 5.56. The van der Waals surface area contributed by atoms with Gasteiger partial charge in [-0.3, -0.25) is 0 Å². The van der Waals surface area contributed by atoms with E-state index in [4.69, 9.17) is 0 Å². The number of unbranched alkanes of at least 4 members (excludes halogenated alkanes) is 2. The summed E-state index contributed by atoms with van der Waals surface area (Å²) in [6.45, 7) is 9.08. The third-order valence-electron chi connectivity index (χ3n) is 5.56. The van der Waals surface area contributed by atoms with Crippen LogP contribution in [0, 0.1) is 0 Å².